The number of fused-ring (bicyclic) bond motifs is 1. The highest BCUT2D eigenvalue weighted by atomic mass is 16.3. The number of rotatable bonds is 2. The van der Waals surface area contributed by atoms with E-state index < -0.39 is 6.10 Å². The lowest BCUT2D eigenvalue weighted by atomic mass is 10.1. The summed E-state index contributed by atoms with van der Waals surface area (Å²) in [5.74, 6) is 0.194. The van der Waals surface area contributed by atoms with Gasteiger partial charge in [-0.25, -0.2) is 0 Å². The predicted octanol–water partition coefficient (Wildman–Crippen LogP) is 1.17. The molecule has 4 nitrogen and oxygen atoms in total. The monoisotopic (exact) mass is 208 g/mol. The molecule has 1 unspecified atom stereocenters. The molecule has 0 saturated carbocycles. The van der Waals surface area contributed by atoms with Crippen molar-refractivity contribution >= 4 is 5.78 Å². The SMILES string of the molecule is CC(O)Cn1ncc2c1CCCCC2=O. The minimum absolute atomic E-state index is 0.194. The van der Waals surface area contributed by atoms with E-state index in [1.165, 1.54) is 0 Å². The largest absolute Gasteiger partial charge is 0.391 e. The molecule has 1 aromatic heterocycles. The first-order valence-corrected chi connectivity index (χ1v) is 5.44. The number of nitrogens with zero attached hydrogens (tertiary/aromatic N) is 2. The number of ketones is 1. The zero-order valence-corrected chi connectivity index (χ0v) is 8.94. The minimum atomic E-state index is -0.424. The second kappa shape index (κ2) is 4.14. The molecule has 0 aliphatic heterocycles. The zero-order valence-electron chi connectivity index (χ0n) is 8.94. The van der Waals surface area contributed by atoms with Crippen LogP contribution in [0.15, 0.2) is 6.20 Å². The average Bonchev–Trinajstić information content (AvgIpc) is 2.45. The number of aliphatic hydroxyl groups excluding tert-OH is 1. The molecule has 0 spiro atoms. The topological polar surface area (TPSA) is 55.1 Å². The molecule has 82 valence electrons. The Hall–Kier alpha value is -1.16. The van der Waals surface area contributed by atoms with Gasteiger partial charge in [0.2, 0.25) is 0 Å². The molecule has 1 heterocycles. The maximum absolute atomic E-state index is 11.7. The highest BCUT2D eigenvalue weighted by Gasteiger charge is 2.20. The van der Waals surface area contributed by atoms with Gasteiger partial charge in [-0.2, -0.15) is 5.10 Å². The summed E-state index contributed by atoms with van der Waals surface area (Å²) in [5, 5.41) is 13.5. The number of hydrogen-bond donors (Lipinski definition) is 1. The fourth-order valence-electron chi connectivity index (χ4n) is 2.03. The van der Waals surface area contributed by atoms with Crippen LogP contribution in [0.5, 0.6) is 0 Å². The van der Waals surface area contributed by atoms with Gasteiger partial charge in [0.05, 0.1) is 24.4 Å². The lowest BCUT2D eigenvalue weighted by Gasteiger charge is -2.08. The summed E-state index contributed by atoms with van der Waals surface area (Å²) in [6.45, 7) is 2.20. The third kappa shape index (κ3) is 2.09. The fraction of sp³-hybridized carbons (Fsp3) is 0.636. The van der Waals surface area contributed by atoms with Crippen molar-refractivity contribution in [1.82, 2.24) is 9.78 Å². The lowest BCUT2D eigenvalue weighted by molar-refractivity contribution is 0.0981. The van der Waals surface area contributed by atoms with Crippen molar-refractivity contribution in [2.75, 3.05) is 0 Å². The Morgan fingerprint density at radius 2 is 2.27 bits per heavy atom. The van der Waals surface area contributed by atoms with Crippen molar-refractivity contribution in [3.05, 3.63) is 17.5 Å². The van der Waals surface area contributed by atoms with E-state index in [4.69, 9.17) is 0 Å². The van der Waals surface area contributed by atoms with Gasteiger partial charge in [-0.3, -0.25) is 9.48 Å². The first kappa shape index (κ1) is 10.4. The summed E-state index contributed by atoms with van der Waals surface area (Å²) in [6, 6.07) is 0. The molecule has 1 aliphatic carbocycles. The molecule has 1 aromatic rings. The molecule has 2 rings (SSSR count). The minimum Gasteiger partial charge on any atom is -0.391 e. The molecular weight excluding hydrogens is 192 g/mol. The summed E-state index contributed by atoms with van der Waals surface area (Å²) in [4.78, 5) is 11.7. The summed E-state index contributed by atoms with van der Waals surface area (Å²) in [6.07, 6.45) is 4.74. The van der Waals surface area contributed by atoms with Crippen LogP contribution >= 0.6 is 0 Å². The molecule has 15 heavy (non-hydrogen) atoms. The number of carbonyl (C=O) groups excluding carboxylic acids is 1. The van der Waals surface area contributed by atoms with Crippen molar-refractivity contribution < 1.29 is 9.90 Å². The van der Waals surface area contributed by atoms with E-state index in [2.05, 4.69) is 5.10 Å². The van der Waals surface area contributed by atoms with Gasteiger partial charge in [0.1, 0.15) is 0 Å². The Morgan fingerprint density at radius 3 is 3.00 bits per heavy atom. The summed E-state index contributed by atoms with van der Waals surface area (Å²) in [5.41, 5.74) is 1.76. The van der Waals surface area contributed by atoms with Gasteiger partial charge >= 0.3 is 0 Å². The fourth-order valence-corrected chi connectivity index (χ4v) is 2.03. The highest BCUT2D eigenvalue weighted by molar-refractivity contribution is 5.97. The van der Waals surface area contributed by atoms with Crippen molar-refractivity contribution in [3.8, 4) is 0 Å². The number of carbonyl (C=O) groups is 1. The summed E-state index contributed by atoms with van der Waals surface area (Å²) >= 11 is 0. The van der Waals surface area contributed by atoms with Crippen LogP contribution < -0.4 is 0 Å². The van der Waals surface area contributed by atoms with Crippen LogP contribution in [0.1, 0.15) is 42.2 Å². The Labute approximate surface area is 88.9 Å². The number of aromatic nitrogens is 2. The standard InChI is InChI=1S/C11H16N2O2/c1-8(14)7-13-10-4-2-3-5-11(15)9(10)6-12-13/h6,8,14H,2-5,7H2,1H3. The van der Waals surface area contributed by atoms with Gasteiger partial charge in [0, 0.05) is 12.1 Å². The Morgan fingerprint density at radius 1 is 1.53 bits per heavy atom. The van der Waals surface area contributed by atoms with E-state index in [1.54, 1.807) is 17.8 Å². The second-order valence-corrected chi connectivity index (χ2v) is 4.17. The molecule has 0 saturated heterocycles. The number of hydrogen-bond acceptors (Lipinski definition) is 3. The van der Waals surface area contributed by atoms with Crippen molar-refractivity contribution in [2.45, 2.75) is 45.3 Å². The number of Topliss-reactive ketones (excluding diaryl/α,β-unsaturated/α-hetero) is 1. The molecule has 0 radical (unpaired) electrons. The normalized spacial score (nSPS) is 18.4. The van der Waals surface area contributed by atoms with Crippen molar-refractivity contribution in [2.24, 2.45) is 0 Å². The lowest BCUT2D eigenvalue weighted by Crippen LogP contribution is -2.15. The van der Waals surface area contributed by atoms with Gasteiger partial charge in [-0.05, 0) is 26.2 Å². The first-order chi connectivity index (χ1) is 7.18. The molecule has 1 N–H and O–H groups in total. The average molecular weight is 208 g/mol. The number of aliphatic hydroxyl groups is 1. The van der Waals surface area contributed by atoms with E-state index in [0.717, 1.165) is 30.5 Å². The van der Waals surface area contributed by atoms with Gasteiger partial charge in [0.25, 0.3) is 0 Å². The molecular formula is C11H16N2O2. The van der Waals surface area contributed by atoms with Crippen LogP contribution in [0, 0.1) is 0 Å². The zero-order chi connectivity index (χ0) is 10.8. The second-order valence-electron chi connectivity index (χ2n) is 4.17. The van der Waals surface area contributed by atoms with Crippen molar-refractivity contribution in [3.63, 3.8) is 0 Å². The van der Waals surface area contributed by atoms with Gasteiger partial charge in [-0.1, -0.05) is 0 Å². The van der Waals surface area contributed by atoms with Crippen LogP contribution in [-0.2, 0) is 13.0 Å². The highest BCUT2D eigenvalue weighted by Crippen LogP contribution is 2.20. The Bertz CT molecular complexity index is 369. The van der Waals surface area contributed by atoms with Crippen LogP contribution in [-0.4, -0.2) is 26.8 Å². The summed E-state index contributed by atoms with van der Waals surface area (Å²) < 4.78 is 1.77. The van der Waals surface area contributed by atoms with Crippen molar-refractivity contribution in [1.29, 1.82) is 0 Å². The maximum Gasteiger partial charge on any atom is 0.166 e. The van der Waals surface area contributed by atoms with E-state index in [-0.39, 0.29) is 5.78 Å². The molecule has 0 aromatic carbocycles. The van der Waals surface area contributed by atoms with Crippen LogP contribution in [0.25, 0.3) is 0 Å². The van der Waals surface area contributed by atoms with E-state index in [0.29, 0.717) is 13.0 Å². The van der Waals surface area contributed by atoms with Gasteiger partial charge in [-0.15, -0.1) is 0 Å². The smallest absolute Gasteiger partial charge is 0.166 e. The Kier molecular flexibility index (Phi) is 2.86. The maximum atomic E-state index is 11.7. The molecule has 0 amide bonds. The molecule has 1 aliphatic rings. The van der Waals surface area contributed by atoms with E-state index >= 15 is 0 Å². The van der Waals surface area contributed by atoms with Crippen LogP contribution in [0.2, 0.25) is 0 Å². The van der Waals surface area contributed by atoms with E-state index in [9.17, 15) is 9.90 Å². The predicted molar refractivity (Wildman–Crippen MR) is 55.8 cm³/mol. The van der Waals surface area contributed by atoms with Gasteiger partial charge < -0.3 is 5.11 Å². The Balaban J connectivity index is 2.31. The van der Waals surface area contributed by atoms with E-state index in [1.807, 2.05) is 0 Å². The third-order valence-electron chi connectivity index (χ3n) is 2.75. The summed E-state index contributed by atoms with van der Waals surface area (Å²) in [7, 11) is 0. The molecule has 0 fully saturated rings. The van der Waals surface area contributed by atoms with Gasteiger partial charge in [0.15, 0.2) is 5.78 Å². The molecule has 1 atom stereocenters. The molecule has 4 heteroatoms. The molecule has 0 bridgehead atoms. The van der Waals surface area contributed by atoms with Crippen LogP contribution in [0.4, 0.5) is 0 Å². The third-order valence-corrected chi connectivity index (χ3v) is 2.75. The quantitative estimate of drug-likeness (QED) is 0.742. The van der Waals surface area contributed by atoms with Crippen LogP contribution in [0.3, 0.4) is 0 Å². The first-order valence-electron chi connectivity index (χ1n) is 5.44.